The van der Waals surface area contributed by atoms with Crippen LogP contribution < -0.4 is 9.88 Å². The number of nitrogens with one attached hydrogen (secondary N) is 1. The van der Waals surface area contributed by atoms with Crippen LogP contribution in [0.15, 0.2) is 133 Å². The van der Waals surface area contributed by atoms with E-state index in [1.54, 1.807) is 11.3 Å². The van der Waals surface area contributed by atoms with E-state index < -0.39 is 0 Å². The lowest BCUT2D eigenvalue weighted by molar-refractivity contribution is -0.654. The van der Waals surface area contributed by atoms with Gasteiger partial charge in [0.15, 0.2) is 0 Å². The fraction of sp³-hybridized carbons (Fsp3) is 0.171. The number of anilines is 1. The molecule has 0 amide bonds. The van der Waals surface area contributed by atoms with Gasteiger partial charge >= 0.3 is 5.13 Å². The molecule has 0 spiro atoms. The van der Waals surface area contributed by atoms with Crippen molar-refractivity contribution in [3.8, 4) is 0 Å². The Hall–Kier alpha value is -5.15. The standard InChI is InChI=1S/C35H32N8S/c1-5-24(3)36-31-16-17-33(27-11-7-6-10-26(27)31)40-41-34-19-18-32(28-12-8-9-13-29(28)34)39-37-25-14-15-30(23(2)22-25)38-42-35-43(4)20-21-44-35/h6-22,24H,5H2,1-4H3/p+1. The van der Waals surface area contributed by atoms with E-state index in [1.165, 1.54) is 0 Å². The third-order valence-electron chi connectivity index (χ3n) is 7.52. The Kier molecular flexibility index (Phi) is 8.56. The van der Waals surface area contributed by atoms with Crippen molar-refractivity contribution in [1.29, 1.82) is 0 Å². The number of fused-ring (bicyclic) bond motifs is 2. The summed E-state index contributed by atoms with van der Waals surface area (Å²) in [5.74, 6) is 0. The molecule has 1 aromatic heterocycles. The van der Waals surface area contributed by atoms with Crippen molar-refractivity contribution in [2.75, 3.05) is 5.32 Å². The summed E-state index contributed by atoms with van der Waals surface area (Å²) in [5, 5.41) is 37.8. The van der Waals surface area contributed by atoms with Gasteiger partial charge in [-0.05, 0) is 84.7 Å². The van der Waals surface area contributed by atoms with Crippen LogP contribution >= 0.6 is 11.3 Å². The number of benzene rings is 5. The van der Waals surface area contributed by atoms with Crippen molar-refractivity contribution in [3.63, 3.8) is 0 Å². The van der Waals surface area contributed by atoms with Gasteiger partial charge in [-0.25, -0.2) is 4.57 Å². The molecule has 0 aliphatic heterocycles. The topological polar surface area (TPSA) is 90.1 Å². The summed E-state index contributed by atoms with van der Waals surface area (Å²) >= 11 is 1.54. The highest BCUT2D eigenvalue weighted by Crippen LogP contribution is 2.37. The van der Waals surface area contributed by atoms with E-state index in [-0.39, 0.29) is 0 Å². The molecule has 0 bridgehead atoms. The van der Waals surface area contributed by atoms with E-state index in [1.807, 2.05) is 96.8 Å². The van der Waals surface area contributed by atoms with E-state index in [0.29, 0.717) is 6.04 Å². The zero-order chi connectivity index (χ0) is 30.5. The number of rotatable bonds is 9. The molecule has 0 aliphatic carbocycles. The molecule has 0 saturated heterocycles. The maximum atomic E-state index is 4.70. The van der Waals surface area contributed by atoms with Gasteiger partial charge < -0.3 is 5.32 Å². The summed E-state index contributed by atoms with van der Waals surface area (Å²) in [5.41, 5.74) is 5.98. The normalized spacial score (nSPS) is 12.7. The van der Waals surface area contributed by atoms with Gasteiger partial charge in [0.25, 0.3) is 0 Å². The fourth-order valence-corrected chi connectivity index (χ4v) is 5.54. The molecule has 0 radical (unpaired) electrons. The summed E-state index contributed by atoms with van der Waals surface area (Å²) in [7, 11) is 1.95. The van der Waals surface area contributed by atoms with E-state index >= 15 is 0 Å². The molecule has 1 N–H and O–H groups in total. The Labute approximate surface area is 260 Å². The van der Waals surface area contributed by atoms with Crippen LogP contribution in [0, 0.1) is 6.92 Å². The van der Waals surface area contributed by atoms with Crippen molar-refractivity contribution in [2.45, 2.75) is 33.2 Å². The maximum Gasteiger partial charge on any atom is 0.408 e. The van der Waals surface area contributed by atoms with E-state index in [4.69, 9.17) is 10.2 Å². The molecule has 1 atom stereocenters. The highest BCUT2D eigenvalue weighted by atomic mass is 32.1. The Morgan fingerprint density at radius 1 is 0.682 bits per heavy atom. The van der Waals surface area contributed by atoms with E-state index in [0.717, 1.165) is 72.8 Å². The zero-order valence-electron chi connectivity index (χ0n) is 25.1. The molecule has 1 heterocycles. The zero-order valence-corrected chi connectivity index (χ0v) is 26.0. The second kappa shape index (κ2) is 13.0. The van der Waals surface area contributed by atoms with E-state index in [2.05, 4.69) is 63.9 Å². The van der Waals surface area contributed by atoms with Gasteiger partial charge in [-0.1, -0.05) is 55.5 Å². The Bertz CT molecular complexity index is 2040. The van der Waals surface area contributed by atoms with E-state index in [9.17, 15) is 0 Å². The van der Waals surface area contributed by atoms with Gasteiger partial charge in [-0.2, -0.15) is 5.11 Å². The summed E-state index contributed by atoms with van der Waals surface area (Å²) in [4.78, 5) is 0. The second-order valence-corrected chi connectivity index (χ2v) is 11.5. The van der Waals surface area contributed by atoms with Crippen LogP contribution in [0.5, 0.6) is 0 Å². The lowest BCUT2D eigenvalue weighted by Gasteiger charge is -2.15. The predicted molar refractivity (Wildman–Crippen MR) is 180 cm³/mol. The van der Waals surface area contributed by atoms with Crippen molar-refractivity contribution in [2.24, 2.45) is 37.7 Å². The van der Waals surface area contributed by atoms with Gasteiger partial charge in [0.1, 0.15) is 11.9 Å². The number of nitrogens with zero attached hydrogens (tertiary/aromatic N) is 7. The van der Waals surface area contributed by atoms with Gasteiger partial charge in [0.05, 0.1) is 34.9 Å². The number of aryl methyl sites for hydroxylation is 2. The first kappa shape index (κ1) is 28.9. The summed E-state index contributed by atoms with van der Waals surface area (Å²) in [6.45, 7) is 6.37. The first-order valence-electron chi connectivity index (χ1n) is 14.6. The maximum absolute atomic E-state index is 4.70. The van der Waals surface area contributed by atoms with Crippen LogP contribution in [0.1, 0.15) is 25.8 Å². The molecular weight excluding hydrogens is 565 g/mol. The quantitative estimate of drug-likeness (QED) is 0.130. The van der Waals surface area contributed by atoms with Gasteiger partial charge in [-0.3, -0.25) is 0 Å². The second-order valence-electron chi connectivity index (χ2n) is 10.6. The Morgan fingerprint density at radius 2 is 1.23 bits per heavy atom. The molecule has 0 fully saturated rings. The summed E-state index contributed by atoms with van der Waals surface area (Å²) < 4.78 is 1.94. The largest absolute Gasteiger partial charge is 0.408 e. The molecule has 6 rings (SSSR count). The first-order valence-corrected chi connectivity index (χ1v) is 15.5. The third-order valence-corrected chi connectivity index (χ3v) is 8.35. The van der Waals surface area contributed by atoms with Crippen molar-refractivity contribution in [1.82, 2.24) is 0 Å². The number of aromatic nitrogens is 1. The minimum absolute atomic E-state index is 0.382. The predicted octanol–water partition coefficient (Wildman–Crippen LogP) is 11.6. The lowest BCUT2D eigenvalue weighted by Crippen LogP contribution is -2.23. The number of hydrogen-bond donors (Lipinski definition) is 1. The lowest BCUT2D eigenvalue weighted by atomic mass is 10.1. The van der Waals surface area contributed by atoms with Crippen LogP contribution in [0.2, 0.25) is 0 Å². The molecule has 9 heteroatoms. The monoisotopic (exact) mass is 597 g/mol. The smallest absolute Gasteiger partial charge is 0.382 e. The average Bonchev–Trinajstić information content (AvgIpc) is 3.47. The van der Waals surface area contributed by atoms with Crippen LogP contribution in [0.25, 0.3) is 21.5 Å². The van der Waals surface area contributed by atoms with Gasteiger partial charge in [0, 0.05) is 38.7 Å². The van der Waals surface area contributed by atoms with Gasteiger partial charge in [0.2, 0.25) is 0 Å². The number of thiazole rings is 1. The number of azo groups is 3. The molecule has 8 nitrogen and oxygen atoms in total. The van der Waals surface area contributed by atoms with Crippen molar-refractivity contribution < 1.29 is 4.57 Å². The van der Waals surface area contributed by atoms with Crippen LogP contribution in [0.4, 0.5) is 39.3 Å². The van der Waals surface area contributed by atoms with Gasteiger partial charge in [-0.15, -0.1) is 15.3 Å². The third kappa shape index (κ3) is 6.28. The molecule has 0 aliphatic rings. The number of hydrogen-bond acceptors (Lipinski definition) is 8. The van der Waals surface area contributed by atoms with Crippen LogP contribution in [-0.2, 0) is 7.05 Å². The Morgan fingerprint density at radius 3 is 1.82 bits per heavy atom. The first-order chi connectivity index (χ1) is 21.5. The highest BCUT2D eigenvalue weighted by molar-refractivity contribution is 7.12. The van der Waals surface area contributed by atoms with Crippen LogP contribution in [-0.4, -0.2) is 6.04 Å². The molecule has 0 saturated carbocycles. The molecule has 5 aromatic carbocycles. The molecule has 218 valence electrons. The minimum atomic E-state index is 0.382. The summed E-state index contributed by atoms with van der Waals surface area (Å²) in [6, 6.07) is 30.5. The average molecular weight is 598 g/mol. The molecular formula is C35H33N8S+. The summed E-state index contributed by atoms with van der Waals surface area (Å²) in [6.07, 6.45) is 3.01. The molecule has 6 aromatic rings. The van der Waals surface area contributed by atoms with Crippen molar-refractivity contribution >= 4 is 72.1 Å². The van der Waals surface area contributed by atoms with Crippen molar-refractivity contribution in [3.05, 3.63) is 108 Å². The van der Waals surface area contributed by atoms with Crippen LogP contribution in [0.3, 0.4) is 0 Å². The highest BCUT2D eigenvalue weighted by Gasteiger charge is 2.11. The fourth-order valence-electron chi connectivity index (χ4n) is 4.86. The Balaban J connectivity index is 1.26. The SMILES string of the molecule is CCC(C)Nc1ccc(N=Nc2ccc(N=Nc3ccc(N=Nc4scc[n+]4C)c(C)c3)c3ccccc23)c2ccccc12. The molecule has 1 unspecified atom stereocenters. The molecule has 44 heavy (non-hydrogen) atoms. The minimum Gasteiger partial charge on any atom is -0.382 e.